The Kier molecular flexibility index (Phi) is 6.91. The monoisotopic (exact) mass is 487 g/mol. The Morgan fingerprint density at radius 2 is 1.67 bits per heavy atom. The van der Waals surface area contributed by atoms with Gasteiger partial charge in [-0.25, -0.2) is 14.1 Å². The molecule has 0 saturated carbocycles. The second kappa shape index (κ2) is 10.2. The summed E-state index contributed by atoms with van der Waals surface area (Å²) in [6.07, 6.45) is 1.33. The lowest BCUT2D eigenvalue weighted by Gasteiger charge is -2.26. The summed E-state index contributed by atoms with van der Waals surface area (Å²) in [6.45, 7) is 3.74. The number of barbiturate groups is 1. The highest BCUT2D eigenvalue weighted by atomic mass is 19.1. The molecule has 2 N–H and O–H groups in total. The summed E-state index contributed by atoms with van der Waals surface area (Å²) in [4.78, 5) is 50.4. The number of urea groups is 1. The molecule has 5 amide bonds. The van der Waals surface area contributed by atoms with Gasteiger partial charge in [-0.15, -0.1) is 0 Å². The number of hydrogen-bond acceptors (Lipinski definition) is 5. The van der Waals surface area contributed by atoms with Crippen molar-refractivity contribution >= 4 is 41.2 Å². The molecule has 182 valence electrons. The Balaban J connectivity index is 1.42. The predicted molar refractivity (Wildman–Crippen MR) is 132 cm³/mol. The van der Waals surface area contributed by atoms with Crippen molar-refractivity contribution in [3.63, 3.8) is 0 Å². The second-order valence-corrected chi connectivity index (χ2v) is 8.14. The number of aryl methyl sites for hydroxylation is 2. The van der Waals surface area contributed by atoms with E-state index >= 15 is 0 Å². The second-order valence-electron chi connectivity index (χ2n) is 8.14. The van der Waals surface area contributed by atoms with Crippen LogP contribution in [0.3, 0.4) is 0 Å². The van der Waals surface area contributed by atoms with E-state index in [0.29, 0.717) is 17.0 Å². The molecule has 9 heteroatoms. The standard InChI is InChI=1S/C27H22FN3O5/c1-16-3-8-20(13-17(16)2)29-24(32)15-36-22-11-4-18(5-12-22)14-23-25(33)30-27(35)31(26(23)34)21-9-6-19(28)7-10-21/h3-14H,15H2,1-2H3,(H,29,32)(H,30,33,35)/b23-14+. The van der Waals surface area contributed by atoms with Crippen LogP contribution in [0.4, 0.5) is 20.6 Å². The average Bonchev–Trinajstić information content (AvgIpc) is 2.84. The molecule has 36 heavy (non-hydrogen) atoms. The molecule has 0 bridgehead atoms. The molecule has 1 heterocycles. The molecule has 3 aromatic rings. The number of hydrogen-bond donors (Lipinski definition) is 2. The van der Waals surface area contributed by atoms with Gasteiger partial charge in [-0.1, -0.05) is 18.2 Å². The SMILES string of the molecule is Cc1ccc(NC(=O)COc2ccc(/C=C3\C(=O)NC(=O)N(c4ccc(F)cc4)C3=O)cc2)cc1C. The largest absolute Gasteiger partial charge is 0.484 e. The van der Waals surface area contributed by atoms with Gasteiger partial charge in [0, 0.05) is 5.69 Å². The predicted octanol–water partition coefficient (Wildman–Crippen LogP) is 4.13. The van der Waals surface area contributed by atoms with Crippen molar-refractivity contribution in [1.29, 1.82) is 0 Å². The number of benzene rings is 3. The van der Waals surface area contributed by atoms with Gasteiger partial charge in [0.05, 0.1) is 5.69 Å². The number of imide groups is 2. The molecule has 0 aromatic heterocycles. The summed E-state index contributed by atoms with van der Waals surface area (Å²) in [5.41, 5.74) is 3.22. The van der Waals surface area contributed by atoms with E-state index in [0.717, 1.165) is 28.2 Å². The summed E-state index contributed by atoms with van der Waals surface area (Å²) in [5, 5.41) is 4.88. The average molecular weight is 487 g/mol. The highest BCUT2D eigenvalue weighted by molar-refractivity contribution is 6.39. The van der Waals surface area contributed by atoms with Crippen LogP contribution in [0.1, 0.15) is 16.7 Å². The van der Waals surface area contributed by atoms with Gasteiger partial charge in [0.2, 0.25) is 0 Å². The lowest BCUT2D eigenvalue weighted by molar-refractivity contribution is -0.122. The first-order chi connectivity index (χ1) is 17.2. The summed E-state index contributed by atoms with van der Waals surface area (Å²) in [7, 11) is 0. The van der Waals surface area contributed by atoms with Crippen LogP contribution in [0.2, 0.25) is 0 Å². The number of carbonyl (C=O) groups is 4. The number of anilines is 2. The lowest BCUT2D eigenvalue weighted by atomic mass is 10.1. The number of nitrogens with zero attached hydrogens (tertiary/aromatic N) is 1. The van der Waals surface area contributed by atoms with Gasteiger partial charge in [0.25, 0.3) is 17.7 Å². The molecule has 0 unspecified atom stereocenters. The van der Waals surface area contributed by atoms with Gasteiger partial charge in [-0.3, -0.25) is 19.7 Å². The molecule has 0 radical (unpaired) electrons. The van der Waals surface area contributed by atoms with E-state index in [4.69, 9.17) is 4.74 Å². The Morgan fingerprint density at radius 1 is 0.972 bits per heavy atom. The van der Waals surface area contributed by atoms with Crippen LogP contribution >= 0.6 is 0 Å². The van der Waals surface area contributed by atoms with E-state index in [1.54, 1.807) is 24.3 Å². The van der Waals surface area contributed by atoms with Crippen molar-refractivity contribution in [2.75, 3.05) is 16.8 Å². The molecule has 1 aliphatic heterocycles. The molecular formula is C27H22FN3O5. The molecule has 1 aliphatic rings. The van der Waals surface area contributed by atoms with Crippen LogP contribution in [0.15, 0.2) is 72.3 Å². The molecule has 4 rings (SSSR count). The first kappa shape index (κ1) is 24.3. The molecular weight excluding hydrogens is 465 g/mol. The third-order valence-electron chi connectivity index (χ3n) is 5.54. The molecule has 1 saturated heterocycles. The zero-order chi connectivity index (χ0) is 25.8. The van der Waals surface area contributed by atoms with Gasteiger partial charge in [0.1, 0.15) is 17.1 Å². The van der Waals surface area contributed by atoms with Gasteiger partial charge >= 0.3 is 6.03 Å². The fourth-order valence-corrected chi connectivity index (χ4v) is 3.47. The number of carbonyl (C=O) groups excluding carboxylic acids is 4. The van der Waals surface area contributed by atoms with Crippen LogP contribution < -0.4 is 20.3 Å². The van der Waals surface area contributed by atoms with E-state index < -0.39 is 23.7 Å². The van der Waals surface area contributed by atoms with Crippen LogP contribution in [-0.2, 0) is 14.4 Å². The Bertz CT molecular complexity index is 1380. The van der Waals surface area contributed by atoms with Crippen molar-refractivity contribution in [3.8, 4) is 5.75 Å². The molecule has 0 spiro atoms. The van der Waals surface area contributed by atoms with Crippen LogP contribution in [0.5, 0.6) is 5.75 Å². The van der Waals surface area contributed by atoms with Crippen molar-refractivity contribution in [3.05, 3.63) is 94.8 Å². The van der Waals surface area contributed by atoms with E-state index in [-0.39, 0.29) is 23.8 Å². The Hall–Kier alpha value is -4.79. The number of nitrogens with one attached hydrogen (secondary N) is 2. The third-order valence-corrected chi connectivity index (χ3v) is 5.54. The van der Waals surface area contributed by atoms with Crippen LogP contribution in [-0.4, -0.2) is 30.4 Å². The minimum Gasteiger partial charge on any atom is -0.484 e. The third kappa shape index (κ3) is 5.47. The quantitative estimate of drug-likeness (QED) is 0.402. The van der Waals surface area contributed by atoms with Crippen molar-refractivity contribution in [2.45, 2.75) is 13.8 Å². The molecule has 3 aromatic carbocycles. The minimum absolute atomic E-state index is 0.125. The summed E-state index contributed by atoms with van der Waals surface area (Å²) < 4.78 is 18.7. The number of rotatable bonds is 6. The maximum Gasteiger partial charge on any atom is 0.335 e. The number of ether oxygens (including phenoxy) is 1. The first-order valence-corrected chi connectivity index (χ1v) is 11.0. The van der Waals surface area contributed by atoms with Crippen LogP contribution in [0.25, 0.3) is 6.08 Å². The maximum absolute atomic E-state index is 13.2. The highest BCUT2D eigenvalue weighted by Gasteiger charge is 2.36. The first-order valence-electron chi connectivity index (χ1n) is 11.0. The van der Waals surface area contributed by atoms with Gasteiger partial charge in [-0.2, -0.15) is 0 Å². The Morgan fingerprint density at radius 3 is 2.33 bits per heavy atom. The van der Waals surface area contributed by atoms with Crippen LogP contribution in [0, 0.1) is 19.7 Å². The zero-order valence-electron chi connectivity index (χ0n) is 19.5. The number of halogens is 1. The topological polar surface area (TPSA) is 105 Å². The fourth-order valence-electron chi connectivity index (χ4n) is 3.47. The molecule has 8 nitrogen and oxygen atoms in total. The van der Waals surface area contributed by atoms with E-state index in [2.05, 4.69) is 10.6 Å². The highest BCUT2D eigenvalue weighted by Crippen LogP contribution is 2.23. The Labute approximate surface area is 206 Å². The smallest absolute Gasteiger partial charge is 0.335 e. The van der Waals surface area contributed by atoms with Gasteiger partial charge < -0.3 is 10.1 Å². The zero-order valence-corrected chi connectivity index (χ0v) is 19.5. The summed E-state index contributed by atoms with van der Waals surface area (Å²) in [5.74, 6) is -2.11. The lowest BCUT2D eigenvalue weighted by Crippen LogP contribution is -2.54. The van der Waals surface area contributed by atoms with E-state index in [9.17, 15) is 23.6 Å². The van der Waals surface area contributed by atoms with Gasteiger partial charge in [0.15, 0.2) is 6.61 Å². The van der Waals surface area contributed by atoms with Gasteiger partial charge in [-0.05, 0) is 85.1 Å². The maximum atomic E-state index is 13.2. The van der Waals surface area contributed by atoms with Crippen molar-refractivity contribution in [1.82, 2.24) is 5.32 Å². The summed E-state index contributed by atoms with van der Waals surface area (Å²) >= 11 is 0. The molecule has 1 fully saturated rings. The summed E-state index contributed by atoms with van der Waals surface area (Å²) in [6, 6.07) is 15.8. The van der Waals surface area contributed by atoms with E-state index in [1.807, 2.05) is 32.0 Å². The van der Waals surface area contributed by atoms with E-state index in [1.165, 1.54) is 18.2 Å². The minimum atomic E-state index is -0.920. The normalized spacial score (nSPS) is 14.6. The fraction of sp³-hybridized carbons (Fsp3) is 0.111. The van der Waals surface area contributed by atoms with Crippen molar-refractivity contribution < 1.29 is 28.3 Å². The van der Waals surface area contributed by atoms with Crippen molar-refractivity contribution in [2.24, 2.45) is 0 Å². The molecule has 0 aliphatic carbocycles. The number of amides is 5. The molecule has 0 atom stereocenters.